The molecule has 188 valence electrons. The summed E-state index contributed by atoms with van der Waals surface area (Å²) in [5, 5.41) is 12.0. The predicted molar refractivity (Wildman–Crippen MR) is 135 cm³/mol. The van der Waals surface area contributed by atoms with Crippen molar-refractivity contribution in [1.29, 1.82) is 0 Å². The Labute approximate surface area is 216 Å². The Morgan fingerprint density at radius 1 is 1.20 bits per heavy atom. The number of likely N-dealkylation sites (tertiary alicyclic amines) is 1. The molecule has 2 amide bonds. The Morgan fingerprint density at radius 3 is 2.49 bits per heavy atom. The van der Waals surface area contributed by atoms with Crippen LogP contribution in [0.3, 0.4) is 0 Å². The minimum absolute atomic E-state index is 0.0282. The number of carbonyl (C=O) groups excluding carboxylic acids is 2. The molecular formula is C23H25IN2O8S. The maximum atomic E-state index is 12.4. The van der Waals surface area contributed by atoms with Crippen molar-refractivity contribution in [1.82, 2.24) is 4.90 Å². The third-order valence-electron chi connectivity index (χ3n) is 5.40. The van der Waals surface area contributed by atoms with E-state index in [0.717, 1.165) is 0 Å². The number of rotatable bonds is 9. The first kappa shape index (κ1) is 26.7. The Balaban J connectivity index is 2.02. The van der Waals surface area contributed by atoms with Gasteiger partial charge in [-0.3, -0.25) is 14.9 Å². The van der Waals surface area contributed by atoms with Crippen molar-refractivity contribution in [3.8, 4) is 11.5 Å². The van der Waals surface area contributed by atoms with Crippen LogP contribution in [0.4, 0.5) is 10.5 Å². The summed E-state index contributed by atoms with van der Waals surface area (Å²) in [7, 11) is -3.37. The van der Waals surface area contributed by atoms with E-state index in [1.54, 1.807) is 26.0 Å². The van der Waals surface area contributed by atoms with Gasteiger partial charge in [-0.15, -0.1) is 0 Å². The molecule has 35 heavy (non-hydrogen) atoms. The first-order chi connectivity index (χ1) is 16.6. The van der Waals surface area contributed by atoms with Crippen molar-refractivity contribution in [2.45, 2.75) is 37.6 Å². The molecule has 0 aliphatic carbocycles. The van der Waals surface area contributed by atoms with Crippen LogP contribution >= 0.6 is 22.6 Å². The molecule has 1 saturated heterocycles. The van der Waals surface area contributed by atoms with Gasteiger partial charge >= 0.3 is 12.1 Å². The number of nitrogens with one attached hydrogen (secondary N) is 1. The third kappa shape index (κ3) is 6.42. The second-order valence-corrected chi connectivity index (χ2v) is 11.1. The molecule has 10 nitrogen and oxygen atoms in total. The molecule has 3 rings (SSSR count). The molecular weight excluding hydrogens is 591 g/mol. The summed E-state index contributed by atoms with van der Waals surface area (Å²) < 4.78 is 35.8. The zero-order valence-electron chi connectivity index (χ0n) is 19.1. The van der Waals surface area contributed by atoms with E-state index in [4.69, 9.17) is 9.47 Å². The lowest BCUT2D eigenvalue weighted by Crippen LogP contribution is -2.33. The number of ether oxygens (including phenoxy) is 2. The molecule has 0 spiro atoms. The highest BCUT2D eigenvalue weighted by Gasteiger charge is 2.35. The van der Waals surface area contributed by atoms with Gasteiger partial charge in [-0.1, -0.05) is 6.92 Å². The van der Waals surface area contributed by atoms with Crippen LogP contribution in [0.15, 0.2) is 41.3 Å². The van der Waals surface area contributed by atoms with Crippen molar-refractivity contribution < 1.29 is 37.4 Å². The third-order valence-corrected chi connectivity index (χ3v) is 8.04. The zero-order chi connectivity index (χ0) is 25.8. The highest BCUT2D eigenvalue weighted by atomic mass is 127. The molecule has 0 aromatic heterocycles. The molecule has 2 aromatic rings. The number of benzene rings is 2. The number of hydrogen-bond donors (Lipinski definition) is 2. The number of hydrogen-bond acceptors (Lipinski definition) is 7. The molecule has 2 aromatic carbocycles. The smallest absolute Gasteiger partial charge is 0.411 e. The molecule has 0 saturated carbocycles. The van der Waals surface area contributed by atoms with Crippen LogP contribution in [0, 0.1) is 3.57 Å². The topological polar surface area (TPSA) is 139 Å². The van der Waals surface area contributed by atoms with Crippen molar-refractivity contribution in [2.75, 3.05) is 24.2 Å². The maximum Gasteiger partial charge on any atom is 0.411 e. The standard InChI is InChI=1S/C23H25IN2O8S/c1-3-33-23(30)25-18-11-16(19-9-10-21(27)26(19)13-22(28)29)20(12-17(18)24)34-14-5-7-15(8-6-14)35(31,32)4-2/h5-8,11-12,19H,3-4,9-10,13H2,1-2H3,(H,25,30)(H,28,29). The van der Waals surface area contributed by atoms with E-state index in [0.29, 0.717) is 32.7 Å². The van der Waals surface area contributed by atoms with Crippen LogP contribution in [0.1, 0.15) is 38.3 Å². The van der Waals surface area contributed by atoms with Crippen LogP contribution in [-0.2, 0) is 24.2 Å². The minimum atomic E-state index is -3.37. The van der Waals surface area contributed by atoms with Gasteiger partial charge in [0.2, 0.25) is 5.91 Å². The van der Waals surface area contributed by atoms with Crippen molar-refractivity contribution in [2.24, 2.45) is 0 Å². The highest BCUT2D eigenvalue weighted by Crippen LogP contribution is 2.42. The number of carboxylic acids is 1. The van der Waals surface area contributed by atoms with Gasteiger partial charge in [0.1, 0.15) is 18.0 Å². The lowest BCUT2D eigenvalue weighted by atomic mass is 10.0. The van der Waals surface area contributed by atoms with Gasteiger partial charge < -0.3 is 19.5 Å². The van der Waals surface area contributed by atoms with Gasteiger partial charge in [-0.05, 0) is 72.3 Å². The molecule has 0 bridgehead atoms. The van der Waals surface area contributed by atoms with E-state index in [1.807, 2.05) is 22.6 Å². The Bertz CT molecular complexity index is 1230. The molecule has 12 heteroatoms. The molecule has 1 heterocycles. The van der Waals surface area contributed by atoms with Gasteiger partial charge in [0.05, 0.1) is 29.0 Å². The monoisotopic (exact) mass is 616 g/mol. The molecule has 2 N–H and O–H groups in total. The fraction of sp³-hybridized carbons (Fsp3) is 0.348. The van der Waals surface area contributed by atoms with Gasteiger partial charge in [0.25, 0.3) is 0 Å². The van der Waals surface area contributed by atoms with Crippen LogP contribution < -0.4 is 10.1 Å². The SMILES string of the molecule is CCOC(=O)Nc1cc(C2CCC(=O)N2CC(=O)O)c(Oc2ccc(S(=O)(=O)CC)cc2)cc1I. The summed E-state index contributed by atoms with van der Waals surface area (Å²) in [4.78, 5) is 37.2. The quantitative estimate of drug-likeness (QED) is 0.400. The predicted octanol–water partition coefficient (Wildman–Crippen LogP) is 4.19. The van der Waals surface area contributed by atoms with Gasteiger partial charge in [-0.25, -0.2) is 13.2 Å². The highest BCUT2D eigenvalue weighted by molar-refractivity contribution is 14.1. The fourth-order valence-corrected chi connectivity index (χ4v) is 5.16. The molecule has 1 aliphatic heterocycles. The molecule has 1 aliphatic rings. The van der Waals surface area contributed by atoms with E-state index in [-0.39, 0.29) is 29.6 Å². The van der Waals surface area contributed by atoms with Gasteiger partial charge in [0, 0.05) is 15.6 Å². The molecule has 1 unspecified atom stereocenters. The second-order valence-electron chi connectivity index (χ2n) is 7.66. The van der Waals surface area contributed by atoms with Crippen LogP contribution in [0.5, 0.6) is 11.5 Å². The molecule has 0 radical (unpaired) electrons. The summed E-state index contributed by atoms with van der Waals surface area (Å²) in [6.45, 7) is 2.95. The summed E-state index contributed by atoms with van der Waals surface area (Å²) in [6, 6.07) is 8.67. The average Bonchev–Trinajstić information content (AvgIpc) is 3.15. The summed E-state index contributed by atoms with van der Waals surface area (Å²) in [5.74, 6) is -0.756. The number of aliphatic carboxylic acids is 1. The van der Waals surface area contributed by atoms with Gasteiger partial charge in [0.15, 0.2) is 9.84 Å². The van der Waals surface area contributed by atoms with Crippen molar-refractivity contribution >= 4 is 56.1 Å². The normalized spacial score (nSPS) is 15.7. The average molecular weight is 616 g/mol. The number of carbonyl (C=O) groups is 3. The van der Waals surface area contributed by atoms with Crippen molar-refractivity contribution in [3.05, 3.63) is 45.5 Å². The summed E-state index contributed by atoms with van der Waals surface area (Å²) >= 11 is 2.02. The summed E-state index contributed by atoms with van der Waals surface area (Å²) in [6.07, 6.45) is -0.106. The van der Waals surface area contributed by atoms with Crippen LogP contribution in [0.2, 0.25) is 0 Å². The maximum absolute atomic E-state index is 12.4. The second kappa shape index (κ2) is 11.2. The number of amides is 2. The van der Waals surface area contributed by atoms with Crippen LogP contribution in [0.25, 0.3) is 0 Å². The Kier molecular flexibility index (Phi) is 8.59. The zero-order valence-corrected chi connectivity index (χ0v) is 22.1. The lowest BCUT2D eigenvalue weighted by molar-refractivity contribution is -0.143. The van der Waals surface area contributed by atoms with E-state index < -0.39 is 34.5 Å². The van der Waals surface area contributed by atoms with Crippen molar-refractivity contribution in [3.63, 3.8) is 0 Å². The molecule has 1 fully saturated rings. The number of carboxylic acid groups (broad SMARTS) is 1. The lowest BCUT2D eigenvalue weighted by Gasteiger charge is -2.26. The Hall–Kier alpha value is -2.87. The van der Waals surface area contributed by atoms with Crippen LogP contribution in [-0.4, -0.2) is 55.3 Å². The number of halogens is 1. The van der Waals surface area contributed by atoms with E-state index in [2.05, 4.69) is 5.32 Å². The Morgan fingerprint density at radius 2 is 1.89 bits per heavy atom. The first-order valence-electron chi connectivity index (χ1n) is 10.8. The number of nitrogens with zero attached hydrogens (tertiary/aromatic N) is 1. The minimum Gasteiger partial charge on any atom is -0.480 e. The summed E-state index contributed by atoms with van der Waals surface area (Å²) in [5.41, 5.74) is 0.931. The fourth-order valence-electron chi connectivity index (χ4n) is 3.70. The van der Waals surface area contributed by atoms with E-state index >= 15 is 0 Å². The van der Waals surface area contributed by atoms with E-state index in [1.165, 1.54) is 29.2 Å². The molecule has 1 atom stereocenters. The van der Waals surface area contributed by atoms with Gasteiger partial charge in [-0.2, -0.15) is 0 Å². The first-order valence-corrected chi connectivity index (χ1v) is 13.6. The largest absolute Gasteiger partial charge is 0.480 e. The van der Waals surface area contributed by atoms with E-state index in [9.17, 15) is 27.9 Å². The number of sulfone groups is 1. The number of anilines is 1.